The molecule has 1 amide bonds. The number of carbonyl (C=O) groups excluding carboxylic acids is 1. The summed E-state index contributed by atoms with van der Waals surface area (Å²) in [7, 11) is 0. The predicted molar refractivity (Wildman–Crippen MR) is 74.9 cm³/mol. The molecule has 98 valence electrons. The molecule has 0 radical (unpaired) electrons. The first-order valence-electron chi connectivity index (χ1n) is 5.96. The molecule has 0 bridgehead atoms. The number of halogens is 1. The Morgan fingerprint density at radius 2 is 2.11 bits per heavy atom. The van der Waals surface area contributed by atoms with E-state index < -0.39 is 0 Å². The normalized spacial score (nSPS) is 19.6. The molecule has 0 aliphatic carbocycles. The van der Waals surface area contributed by atoms with Crippen molar-refractivity contribution in [1.29, 1.82) is 0 Å². The van der Waals surface area contributed by atoms with E-state index in [1.54, 1.807) is 0 Å². The Morgan fingerprint density at radius 1 is 1.44 bits per heavy atom. The highest BCUT2D eigenvalue weighted by Gasteiger charge is 2.21. The van der Waals surface area contributed by atoms with Crippen LogP contribution in [0.2, 0.25) is 0 Å². The molecule has 0 saturated carbocycles. The summed E-state index contributed by atoms with van der Waals surface area (Å²) in [5, 5.41) is 6.05. The van der Waals surface area contributed by atoms with Crippen LogP contribution in [0.4, 0.5) is 5.69 Å². The molecule has 4 nitrogen and oxygen atoms in total. The summed E-state index contributed by atoms with van der Waals surface area (Å²) in [6, 6.07) is 3.65. The number of benzene rings is 1. The number of aryl methyl sites for hydroxylation is 2. The smallest absolute Gasteiger partial charge is 0.243 e. The van der Waals surface area contributed by atoms with Crippen LogP contribution in [-0.4, -0.2) is 31.7 Å². The molecule has 1 saturated heterocycles. The SMILES string of the molecule is Cc1cc(NC(=O)C2COCCN2)cc(C)c1Br. The number of carbonyl (C=O) groups is 1. The van der Waals surface area contributed by atoms with Crippen molar-refractivity contribution in [3.63, 3.8) is 0 Å². The maximum Gasteiger partial charge on any atom is 0.243 e. The lowest BCUT2D eigenvalue weighted by Gasteiger charge is -2.23. The fourth-order valence-corrected chi connectivity index (χ4v) is 2.21. The molecule has 0 spiro atoms. The Kier molecular flexibility index (Phi) is 4.37. The van der Waals surface area contributed by atoms with Crippen LogP contribution in [0, 0.1) is 13.8 Å². The van der Waals surface area contributed by atoms with E-state index in [4.69, 9.17) is 4.74 Å². The second-order valence-corrected chi connectivity index (χ2v) is 5.29. The summed E-state index contributed by atoms with van der Waals surface area (Å²) in [6.07, 6.45) is 0. The zero-order valence-electron chi connectivity index (χ0n) is 10.5. The van der Waals surface area contributed by atoms with E-state index in [0.29, 0.717) is 13.2 Å². The summed E-state index contributed by atoms with van der Waals surface area (Å²) >= 11 is 3.51. The van der Waals surface area contributed by atoms with Crippen molar-refractivity contribution in [1.82, 2.24) is 5.32 Å². The first kappa shape index (κ1) is 13.5. The molecule has 1 aliphatic rings. The molecule has 1 aromatic carbocycles. The number of hydrogen-bond acceptors (Lipinski definition) is 3. The number of nitrogens with one attached hydrogen (secondary N) is 2. The van der Waals surface area contributed by atoms with Gasteiger partial charge in [-0.25, -0.2) is 0 Å². The van der Waals surface area contributed by atoms with Crippen LogP contribution in [0.1, 0.15) is 11.1 Å². The number of hydrogen-bond donors (Lipinski definition) is 2. The molecule has 1 heterocycles. The molecule has 2 N–H and O–H groups in total. The zero-order valence-corrected chi connectivity index (χ0v) is 12.1. The van der Waals surface area contributed by atoms with Gasteiger partial charge in [0.1, 0.15) is 6.04 Å². The van der Waals surface area contributed by atoms with Gasteiger partial charge in [-0.3, -0.25) is 4.79 Å². The van der Waals surface area contributed by atoms with Crippen LogP contribution >= 0.6 is 15.9 Å². The van der Waals surface area contributed by atoms with Crippen molar-refractivity contribution in [2.45, 2.75) is 19.9 Å². The van der Waals surface area contributed by atoms with Gasteiger partial charge in [-0.1, -0.05) is 15.9 Å². The van der Waals surface area contributed by atoms with Crippen molar-refractivity contribution in [3.8, 4) is 0 Å². The van der Waals surface area contributed by atoms with E-state index in [-0.39, 0.29) is 11.9 Å². The minimum absolute atomic E-state index is 0.0455. The van der Waals surface area contributed by atoms with E-state index in [9.17, 15) is 4.79 Å². The summed E-state index contributed by atoms with van der Waals surface area (Å²) < 4.78 is 6.36. The van der Waals surface area contributed by atoms with Gasteiger partial charge in [0.15, 0.2) is 0 Å². The number of rotatable bonds is 2. The number of anilines is 1. The minimum atomic E-state index is -0.261. The van der Waals surface area contributed by atoms with Crippen molar-refractivity contribution in [2.75, 3.05) is 25.1 Å². The monoisotopic (exact) mass is 312 g/mol. The van der Waals surface area contributed by atoms with Crippen LogP contribution in [-0.2, 0) is 9.53 Å². The maximum atomic E-state index is 12.0. The highest BCUT2D eigenvalue weighted by molar-refractivity contribution is 9.10. The Bertz CT molecular complexity index is 433. The van der Waals surface area contributed by atoms with E-state index in [2.05, 4.69) is 26.6 Å². The van der Waals surface area contributed by atoms with E-state index in [1.807, 2.05) is 26.0 Å². The molecule has 0 aromatic heterocycles. The maximum absolute atomic E-state index is 12.0. The lowest BCUT2D eigenvalue weighted by atomic mass is 10.1. The lowest BCUT2D eigenvalue weighted by Crippen LogP contribution is -2.48. The summed E-state index contributed by atoms with van der Waals surface area (Å²) in [6.45, 7) is 5.83. The Balaban J connectivity index is 2.06. The van der Waals surface area contributed by atoms with Gasteiger partial charge in [-0.2, -0.15) is 0 Å². The minimum Gasteiger partial charge on any atom is -0.378 e. The molecule has 1 aromatic rings. The van der Waals surface area contributed by atoms with Gasteiger partial charge in [-0.15, -0.1) is 0 Å². The average Bonchev–Trinajstić information content (AvgIpc) is 2.37. The fourth-order valence-electron chi connectivity index (χ4n) is 1.98. The molecule has 1 aliphatic heterocycles. The van der Waals surface area contributed by atoms with Crippen LogP contribution < -0.4 is 10.6 Å². The van der Waals surface area contributed by atoms with Crippen molar-refractivity contribution < 1.29 is 9.53 Å². The Labute approximate surface area is 115 Å². The fraction of sp³-hybridized carbons (Fsp3) is 0.462. The number of ether oxygens (including phenoxy) is 1. The third-order valence-corrected chi connectivity index (χ3v) is 4.19. The highest BCUT2D eigenvalue weighted by Crippen LogP contribution is 2.25. The first-order chi connectivity index (χ1) is 8.58. The largest absolute Gasteiger partial charge is 0.378 e. The number of amides is 1. The van der Waals surface area contributed by atoms with Gasteiger partial charge in [0.25, 0.3) is 0 Å². The van der Waals surface area contributed by atoms with Gasteiger partial charge in [0.05, 0.1) is 13.2 Å². The van der Waals surface area contributed by atoms with Gasteiger partial charge in [-0.05, 0) is 37.1 Å². The first-order valence-corrected chi connectivity index (χ1v) is 6.76. The third-order valence-electron chi connectivity index (χ3n) is 2.94. The summed E-state index contributed by atoms with van der Waals surface area (Å²) in [4.78, 5) is 12.0. The topological polar surface area (TPSA) is 50.4 Å². The van der Waals surface area contributed by atoms with Crippen LogP contribution in [0.25, 0.3) is 0 Å². The molecule has 1 unspecified atom stereocenters. The second-order valence-electron chi connectivity index (χ2n) is 4.49. The average molecular weight is 313 g/mol. The van der Waals surface area contributed by atoms with Gasteiger partial charge in [0.2, 0.25) is 5.91 Å². The van der Waals surface area contributed by atoms with Crippen molar-refractivity contribution >= 4 is 27.5 Å². The molecule has 5 heteroatoms. The third kappa shape index (κ3) is 3.10. The lowest BCUT2D eigenvalue weighted by molar-refractivity contribution is -0.120. The van der Waals surface area contributed by atoms with Crippen LogP contribution in [0.15, 0.2) is 16.6 Å². The standard InChI is InChI=1S/C13H17BrN2O2/c1-8-5-10(6-9(2)12(8)14)16-13(17)11-7-18-4-3-15-11/h5-6,11,15H,3-4,7H2,1-2H3,(H,16,17). The van der Waals surface area contributed by atoms with Crippen molar-refractivity contribution in [3.05, 3.63) is 27.7 Å². The molecule has 18 heavy (non-hydrogen) atoms. The number of morpholine rings is 1. The molecular formula is C13H17BrN2O2. The molecular weight excluding hydrogens is 296 g/mol. The van der Waals surface area contributed by atoms with Gasteiger partial charge >= 0.3 is 0 Å². The van der Waals surface area contributed by atoms with E-state index >= 15 is 0 Å². The molecule has 1 fully saturated rings. The Morgan fingerprint density at radius 3 is 2.67 bits per heavy atom. The second kappa shape index (κ2) is 5.82. The van der Waals surface area contributed by atoms with Crippen LogP contribution in [0.3, 0.4) is 0 Å². The summed E-state index contributed by atoms with van der Waals surface area (Å²) in [5.41, 5.74) is 3.04. The highest BCUT2D eigenvalue weighted by atomic mass is 79.9. The summed E-state index contributed by atoms with van der Waals surface area (Å²) in [5.74, 6) is -0.0455. The van der Waals surface area contributed by atoms with Gasteiger partial charge in [0, 0.05) is 16.7 Å². The predicted octanol–water partition coefficient (Wildman–Crippen LogP) is 1.99. The van der Waals surface area contributed by atoms with Gasteiger partial charge < -0.3 is 15.4 Å². The molecule has 1 atom stereocenters. The van der Waals surface area contributed by atoms with E-state index in [0.717, 1.165) is 27.8 Å². The van der Waals surface area contributed by atoms with Crippen LogP contribution in [0.5, 0.6) is 0 Å². The quantitative estimate of drug-likeness (QED) is 0.878. The van der Waals surface area contributed by atoms with Crippen molar-refractivity contribution in [2.24, 2.45) is 0 Å². The molecule has 2 rings (SSSR count). The Hall–Kier alpha value is -0.910. The zero-order chi connectivity index (χ0) is 13.1. The van der Waals surface area contributed by atoms with E-state index in [1.165, 1.54) is 0 Å².